The summed E-state index contributed by atoms with van der Waals surface area (Å²) in [4.78, 5) is 11.9. The lowest BCUT2D eigenvalue weighted by Crippen LogP contribution is -2.27. The fraction of sp³-hybridized carbons (Fsp3) is 0.278. The van der Waals surface area contributed by atoms with E-state index < -0.39 is 6.17 Å². The van der Waals surface area contributed by atoms with Crippen molar-refractivity contribution in [1.82, 2.24) is 0 Å². The predicted molar refractivity (Wildman–Crippen MR) is 79.7 cm³/mol. The van der Waals surface area contributed by atoms with Crippen LogP contribution in [0.5, 0.6) is 5.75 Å². The van der Waals surface area contributed by atoms with E-state index >= 15 is 0 Å². The Kier molecular flexibility index (Phi) is 3.74. The van der Waals surface area contributed by atoms with Gasteiger partial charge in [0, 0.05) is 5.56 Å². The molecular formula is C18H17FO2. The Morgan fingerprint density at radius 2 is 1.86 bits per heavy atom. The van der Waals surface area contributed by atoms with Gasteiger partial charge >= 0.3 is 0 Å². The molecule has 1 aliphatic rings. The molecule has 21 heavy (non-hydrogen) atoms. The van der Waals surface area contributed by atoms with Crippen molar-refractivity contribution in [2.45, 2.75) is 24.9 Å². The van der Waals surface area contributed by atoms with Crippen LogP contribution in [-0.2, 0) is 6.42 Å². The smallest absolute Gasteiger partial charge is 0.197 e. The summed E-state index contributed by atoms with van der Waals surface area (Å²) in [5.74, 6) is 0.472. The molecule has 2 unspecified atom stereocenters. The maximum absolute atomic E-state index is 14.0. The van der Waals surface area contributed by atoms with Crippen LogP contribution in [0.25, 0.3) is 0 Å². The van der Waals surface area contributed by atoms with Gasteiger partial charge < -0.3 is 4.74 Å². The number of ketones is 1. The number of hydrogen-bond donors (Lipinski definition) is 0. The Balaban J connectivity index is 1.88. The van der Waals surface area contributed by atoms with Gasteiger partial charge in [0.05, 0.1) is 7.11 Å². The standard InChI is InChI=1S/C18H17FO2/c1-21-14-8-6-12(7-9-14)10-13-11-17(19)18(20)16-5-3-2-4-15(13)16/h2-9,13,17H,10-11H2,1H3. The molecular weight excluding hydrogens is 267 g/mol. The van der Waals surface area contributed by atoms with Crippen LogP contribution in [0.15, 0.2) is 48.5 Å². The highest BCUT2D eigenvalue weighted by Crippen LogP contribution is 2.35. The molecule has 0 spiro atoms. The highest BCUT2D eigenvalue weighted by Gasteiger charge is 2.33. The largest absolute Gasteiger partial charge is 0.497 e. The molecule has 0 saturated carbocycles. The first-order valence-corrected chi connectivity index (χ1v) is 7.09. The minimum atomic E-state index is -1.39. The number of Topliss-reactive ketones (excluding diaryl/α,β-unsaturated/α-hetero) is 1. The van der Waals surface area contributed by atoms with Crippen molar-refractivity contribution in [2.75, 3.05) is 7.11 Å². The summed E-state index contributed by atoms with van der Waals surface area (Å²) in [5, 5.41) is 0. The van der Waals surface area contributed by atoms with Crippen molar-refractivity contribution >= 4 is 5.78 Å². The number of ether oxygens (including phenoxy) is 1. The maximum Gasteiger partial charge on any atom is 0.197 e. The average molecular weight is 284 g/mol. The minimum absolute atomic E-state index is 0.0438. The lowest BCUT2D eigenvalue weighted by molar-refractivity contribution is 0.0843. The van der Waals surface area contributed by atoms with Gasteiger partial charge in [-0.1, -0.05) is 36.4 Å². The second-order valence-corrected chi connectivity index (χ2v) is 5.40. The van der Waals surface area contributed by atoms with E-state index in [0.717, 1.165) is 23.3 Å². The Morgan fingerprint density at radius 1 is 1.14 bits per heavy atom. The number of methoxy groups -OCH3 is 1. The zero-order chi connectivity index (χ0) is 14.8. The second-order valence-electron chi connectivity index (χ2n) is 5.40. The SMILES string of the molecule is COc1ccc(CC2CC(F)C(=O)c3ccccc32)cc1. The van der Waals surface area contributed by atoms with Crippen LogP contribution >= 0.6 is 0 Å². The molecule has 3 heteroatoms. The van der Waals surface area contributed by atoms with Gasteiger partial charge in [-0.15, -0.1) is 0 Å². The molecule has 108 valence electrons. The van der Waals surface area contributed by atoms with E-state index in [2.05, 4.69) is 0 Å². The first kappa shape index (κ1) is 13.8. The number of alkyl halides is 1. The summed E-state index contributed by atoms with van der Waals surface area (Å²) < 4.78 is 19.1. The van der Waals surface area contributed by atoms with E-state index in [4.69, 9.17) is 4.74 Å². The summed E-state index contributed by atoms with van der Waals surface area (Å²) in [6.07, 6.45) is -0.389. The fourth-order valence-electron chi connectivity index (χ4n) is 2.97. The highest BCUT2D eigenvalue weighted by molar-refractivity contribution is 6.02. The Labute approximate surface area is 123 Å². The third kappa shape index (κ3) is 2.68. The molecule has 0 saturated heterocycles. The van der Waals surface area contributed by atoms with Gasteiger partial charge in [0.2, 0.25) is 0 Å². The zero-order valence-electron chi connectivity index (χ0n) is 11.9. The number of fused-ring (bicyclic) bond motifs is 1. The topological polar surface area (TPSA) is 26.3 Å². The van der Waals surface area contributed by atoms with Crippen LogP contribution in [0.4, 0.5) is 4.39 Å². The molecule has 0 aromatic heterocycles. The normalized spacial score (nSPS) is 21.0. The third-order valence-corrected chi connectivity index (χ3v) is 4.08. The maximum atomic E-state index is 14.0. The molecule has 1 aliphatic carbocycles. The minimum Gasteiger partial charge on any atom is -0.497 e. The van der Waals surface area contributed by atoms with Crippen LogP contribution in [0.3, 0.4) is 0 Å². The van der Waals surface area contributed by atoms with Crippen molar-refractivity contribution in [3.05, 3.63) is 65.2 Å². The highest BCUT2D eigenvalue weighted by atomic mass is 19.1. The summed E-state index contributed by atoms with van der Waals surface area (Å²) in [5.41, 5.74) is 2.62. The van der Waals surface area contributed by atoms with Crippen molar-refractivity contribution in [1.29, 1.82) is 0 Å². The number of benzene rings is 2. The quantitative estimate of drug-likeness (QED) is 0.853. The van der Waals surface area contributed by atoms with Gasteiger partial charge in [-0.2, -0.15) is 0 Å². The zero-order valence-corrected chi connectivity index (χ0v) is 11.9. The molecule has 0 N–H and O–H groups in total. The Morgan fingerprint density at radius 3 is 2.57 bits per heavy atom. The van der Waals surface area contributed by atoms with E-state index in [0.29, 0.717) is 5.56 Å². The predicted octanol–water partition coefficient (Wildman–Crippen LogP) is 3.95. The van der Waals surface area contributed by atoms with Crippen LogP contribution in [-0.4, -0.2) is 19.1 Å². The van der Waals surface area contributed by atoms with Crippen LogP contribution in [0.2, 0.25) is 0 Å². The number of rotatable bonds is 3. The van der Waals surface area contributed by atoms with Crippen LogP contribution in [0, 0.1) is 0 Å². The monoisotopic (exact) mass is 284 g/mol. The molecule has 2 nitrogen and oxygen atoms in total. The van der Waals surface area contributed by atoms with Gasteiger partial charge in [-0.25, -0.2) is 4.39 Å². The second kappa shape index (κ2) is 5.68. The number of halogens is 1. The fourth-order valence-corrected chi connectivity index (χ4v) is 2.97. The molecule has 0 fully saturated rings. The summed E-state index contributed by atoms with van der Waals surface area (Å²) in [6, 6.07) is 15.2. The van der Waals surface area contributed by atoms with E-state index in [-0.39, 0.29) is 18.1 Å². The number of carbonyl (C=O) groups is 1. The lowest BCUT2D eigenvalue weighted by atomic mass is 9.78. The summed E-state index contributed by atoms with van der Waals surface area (Å²) >= 11 is 0. The lowest BCUT2D eigenvalue weighted by Gasteiger charge is -2.27. The van der Waals surface area contributed by atoms with Crippen LogP contribution in [0.1, 0.15) is 33.8 Å². The number of hydrogen-bond acceptors (Lipinski definition) is 2. The molecule has 0 amide bonds. The van der Waals surface area contributed by atoms with Crippen molar-refractivity contribution in [3.8, 4) is 5.75 Å². The third-order valence-electron chi connectivity index (χ3n) is 4.08. The van der Waals surface area contributed by atoms with Crippen LogP contribution < -0.4 is 4.74 Å². The van der Waals surface area contributed by atoms with E-state index in [1.165, 1.54) is 0 Å². The van der Waals surface area contributed by atoms with Crippen molar-refractivity contribution in [3.63, 3.8) is 0 Å². The van der Waals surface area contributed by atoms with Gasteiger partial charge in [0.25, 0.3) is 0 Å². The molecule has 2 aromatic rings. The molecule has 0 bridgehead atoms. The first-order chi connectivity index (χ1) is 10.2. The van der Waals surface area contributed by atoms with E-state index in [1.807, 2.05) is 36.4 Å². The van der Waals surface area contributed by atoms with E-state index in [9.17, 15) is 9.18 Å². The van der Waals surface area contributed by atoms with Crippen molar-refractivity contribution < 1.29 is 13.9 Å². The summed E-state index contributed by atoms with van der Waals surface area (Å²) in [7, 11) is 1.63. The molecule has 0 radical (unpaired) electrons. The molecule has 0 aliphatic heterocycles. The molecule has 3 rings (SSSR count). The van der Waals surface area contributed by atoms with Crippen molar-refractivity contribution in [2.24, 2.45) is 0 Å². The summed E-state index contributed by atoms with van der Waals surface area (Å²) in [6.45, 7) is 0. The Hall–Kier alpha value is -2.16. The number of carbonyl (C=O) groups excluding carboxylic acids is 1. The molecule has 2 atom stereocenters. The van der Waals surface area contributed by atoms with Gasteiger partial charge in [-0.05, 0) is 42.0 Å². The van der Waals surface area contributed by atoms with E-state index in [1.54, 1.807) is 19.2 Å². The van der Waals surface area contributed by atoms with Gasteiger partial charge in [0.15, 0.2) is 12.0 Å². The van der Waals surface area contributed by atoms with Gasteiger partial charge in [0.1, 0.15) is 5.75 Å². The Bertz CT molecular complexity index is 649. The average Bonchev–Trinajstić information content (AvgIpc) is 2.53. The molecule has 2 aromatic carbocycles. The first-order valence-electron chi connectivity index (χ1n) is 7.09. The molecule has 0 heterocycles. The van der Waals surface area contributed by atoms with Gasteiger partial charge in [-0.3, -0.25) is 4.79 Å².